The number of hydrogen-bond acceptors (Lipinski definition) is 0. The topological polar surface area (TPSA) is 0 Å². The summed E-state index contributed by atoms with van der Waals surface area (Å²) in [6, 6.07) is 0. The molecular formula is C34H70. The van der Waals surface area contributed by atoms with E-state index >= 15 is 0 Å². The van der Waals surface area contributed by atoms with Gasteiger partial charge in [0.05, 0.1) is 0 Å². The maximum absolute atomic E-state index is 2.36. The first-order valence-electron chi connectivity index (χ1n) is 16.0. The van der Waals surface area contributed by atoms with Crippen molar-refractivity contribution in [1.29, 1.82) is 0 Å². The van der Waals surface area contributed by atoms with Gasteiger partial charge >= 0.3 is 0 Å². The first-order chi connectivity index (χ1) is 16.0. The predicted molar refractivity (Wildman–Crippen MR) is 158 cm³/mol. The van der Waals surface area contributed by atoms with E-state index in [1.165, 1.54) is 89.9 Å². The molecule has 4 fully saturated rings. The Bertz CT molecular complexity index is 407. The lowest BCUT2D eigenvalue weighted by Gasteiger charge is -2.28. The van der Waals surface area contributed by atoms with Crippen molar-refractivity contribution in [3.05, 3.63) is 0 Å². The third-order valence-electron chi connectivity index (χ3n) is 8.59. The Morgan fingerprint density at radius 2 is 0.500 bits per heavy atom. The maximum Gasteiger partial charge on any atom is -0.0391 e. The third-order valence-corrected chi connectivity index (χ3v) is 8.59. The summed E-state index contributed by atoms with van der Waals surface area (Å²) in [5.74, 6) is 8.93. The van der Waals surface area contributed by atoms with Gasteiger partial charge in [0.1, 0.15) is 0 Å². The summed E-state index contributed by atoms with van der Waals surface area (Å²) in [4.78, 5) is 0. The predicted octanol–water partition coefficient (Wildman–Crippen LogP) is 12.2. The van der Waals surface area contributed by atoms with Crippen LogP contribution < -0.4 is 0 Å². The maximum atomic E-state index is 2.36. The molecule has 34 heavy (non-hydrogen) atoms. The third kappa shape index (κ3) is 19.2. The highest BCUT2D eigenvalue weighted by Crippen LogP contribution is 2.36. The van der Waals surface area contributed by atoms with Crippen LogP contribution in [-0.4, -0.2) is 0 Å². The first kappa shape index (κ1) is 34.0. The monoisotopic (exact) mass is 479 g/mol. The summed E-state index contributed by atoms with van der Waals surface area (Å²) in [5, 5.41) is 0. The molecule has 0 radical (unpaired) electrons. The average Bonchev–Trinajstić information content (AvgIpc) is 3.42. The standard InChI is InChI=1S/C9H18.C8H16.C7H14.C6H12.C4H10/c1-8(2)9-6-4-3-5-7-9;1-7(2)8-5-3-4-6-8;1-6(2)7-4-3-5-7;1-5(2)6-3-4-6;1-4(2)3/h8-9H,3-7H2,1-2H3;7-8H,3-6H2,1-2H3;6-7H,3-5H2,1-2H3;5-6H,3-4H2,1-2H3;4H,1-3H3. The summed E-state index contributed by atoms with van der Waals surface area (Å²) >= 11 is 0. The molecule has 0 heteroatoms. The van der Waals surface area contributed by atoms with E-state index in [0.717, 1.165) is 53.3 Å². The smallest absolute Gasteiger partial charge is 0.0391 e. The molecule has 0 saturated heterocycles. The minimum atomic E-state index is 0.833. The Kier molecular flexibility index (Phi) is 20.1. The number of rotatable bonds is 4. The molecule has 0 aliphatic heterocycles. The van der Waals surface area contributed by atoms with E-state index in [-0.39, 0.29) is 0 Å². The van der Waals surface area contributed by atoms with Crippen molar-refractivity contribution in [2.75, 3.05) is 0 Å². The summed E-state index contributed by atoms with van der Waals surface area (Å²) in [7, 11) is 0. The zero-order valence-corrected chi connectivity index (χ0v) is 26.1. The molecule has 0 aromatic carbocycles. The van der Waals surface area contributed by atoms with Gasteiger partial charge in [-0.15, -0.1) is 0 Å². The van der Waals surface area contributed by atoms with Crippen molar-refractivity contribution < 1.29 is 0 Å². The van der Waals surface area contributed by atoms with Crippen LogP contribution >= 0.6 is 0 Å². The lowest BCUT2D eigenvalue weighted by Crippen LogP contribution is -2.16. The molecule has 0 nitrogen and oxygen atoms in total. The molecule has 206 valence electrons. The number of hydrogen-bond donors (Lipinski definition) is 0. The van der Waals surface area contributed by atoms with Gasteiger partial charge in [-0.1, -0.05) is 153 Å². The Morgan fingerprint density at radius 1 is 0.294 bits per heavy atom. The van der Waals surface area contributed by atoms with E-state index in [1.807, 2.05) is 0 Å². The van der Waals surface area contributed by atoms with E-state index < -0.39 is 0 Å². The normalized spacial score (nSPS) is 21.2. The summed E-state index contributed by atoms with van der Waals surface area (Å²) in [6.45, 7) is 25.2. The van der Waals surface area contributed by atoms with Gasteiger partial charge in [0.15, 0.2) is 0 Å². The second-order valence-corrected chi connectivity index (χ2v) is 14.2. The zero-order chi connectivity index (χ0) is 26.1. The van der Waals surface area contributed by atoms with Crippen molar-refractivity contribution in [2.45, 2.75) is 166 Å². The van der Waals surface area contributed by atoms with Crippen molar-refractivity contribution in [2.24, 2.45) is 53.3 Å². The highest BCUT2D eigenvalue weighted by molar-refractivity contribution is 4.75. The lowest BCUT2D eigenvalue weighted by molar-refractivity contribution is 0.235. The van der Waals surface area contributed by atoms with Gasteiger partial charge in [-0.25, -0.2) is 0 Å². The van der Waals surface area contributed by atoms with Crippen molar-refractivity contribution in [3.8, 4) is 0 Å². The van der Waals surface area contributed by atoms with Gasteiger partial charge in [-0.05, 0) is 66.1 Å². The molecule has 4 aliphatic rings. The Labute approximate surface area is 219 Å². The van der Waals surface area contributed by atoms with Crippen LogP contribution in [-0.2, 0) is 0 Å². The van der Waals surface area contributed by atoms with Gasteiger partial charge < -0.3 is 0 Å². The molecule has 0 aromatic rings. The van der Waals surface area contributed by atoms with Crippen LogP contribution in [0.1, 0.15) is 166 Å². The molecule has 4 rings (SSSR count). The van der Waals surface area contributed by atoms with E-state index in [4.69, 9.17) is 0 Å². The van der Waals surface area contributed by atoms with Gasteiger partial charge in [0.25, 0.3) is 0 Å². The lowest BCUT2D eigenvalue weighted by atomic mass is 9.78. The molecule has 0 unspecified atom stereocenters. The van der Waals surface area contributed by atoms with Crippen molar-refractivity contribution >= 4 is 0 Å². The Hall–Kier alpha value is 0. The molecule has 4 aliphatic carbocycles. The Morgan fingerprint density at radius 3 is 0.618 bits per heavy atom. The molecule has 4 saturated carbocycles. The average molecular weight is 479 g/mol. The quantitative estimate of drug-likeness (QED) is 0.377. The molecule has 0 aromatic heterocycles. The fourth-order valence-corrected chi connectivity index (χ4v) is 5.29. The van der Waals surface area contributed by atoms with Crippen LogP contribution in [0.15, 0.2) is 0 Å². The molecular weight excluding hydrogens is 408 g/mol. The van der Waals surface area contributed by atoms with Crippen molar-refractivity contribution in [1.82, 2.24) is 0 Å². The van der Waals surface area contributed by atoms with Gasteiger partial charge in [0, 0.05) is 0 Å². The fourth-order valence-electron chi connectivity index (χ4n) is 5.29. The largest absolute Gasteiger partial charge is 0.0630 e. The molecule has 0 heterocycles. The van der Waals surface area contributed by atoms with Crippen molar-refractivity contribution in [3.63, 3.8) is 0 Å². The highest BCUT2D eigenvalue weighted by Gasteiger charge is 2.24. The van der Waals surface area contributed by atoms with Gasteiger partial charge in [0.2, 0.25) is 0 Å². The van der Waals surface area contributed by atoms with Gasteiger partial charge in [-0.2, -0.15) is 0 Å². The summed E-state index contributed by atoms with van der Waals surface area (Å²) < 4.78 is 0. The molecule has 0 amide bonds. The second kappa shape index (κ2) is 20.1. The minimum Gasteiger partial charge on any atom is -0.0630 e. The highest BCUT2D eigenvalue weighted by atomic mass is 14.3. The van der Waals surface area contributed by atoms with Gasteiger partial charge in [-0.3, -0.25) is 0 Å². The van der Waals surface area contributed by atoms with Crippen LogP contribution in [0.2, 0.25) is 0 Å². The van der Waals surface area contributed by atoms with Crippen LogP contribution in [0.25, 0.3) is 0 Å². The molecule has 0 N–H and O–H groups in total. The minimum absolute atomic E-state index is 0.833. The van der Waals surface area contributed by atoms with E-state index in [1.54, 1.807) is 0 Å². The van der Waals surface area contributed by atoms with Crippen LogP contribution in [0.5, 0.6) is 0 Å². The SMILES string of the molecule is CC(C)C.CC(C)C1CC1.CC(C)C1CCC1.CC(C)C1CCCC1.CC(C)C1CCCCC1. The second-order valence-electron chi connectivity index (χ2n) is 14.2. The molecule has 0 bridgehead atoms. The van der Waals surface area contributed by atoms with E-state index in [9.17, 15) is 0 Å². The fraction of sp³-hybridized carbons (Fsp3) is 1.00. The van der Waals surface area contributed by atoms with Crippen LogP contribution in [0, 0.1) is 53.3 Å². The summed E-state index contributed by atoms with van der Waals surface area (Å²) in [6.07, 6.45) is 20.9. The van der Waals surface area contributed by atoms with Crippen LogP contribution in [0.3, 0.4) is 0 Å². The summed E-state index contributed by atoms with van der Waals surface area (Å²) in [5.41, 5.74) is 0. The van der Waals surface area contributed by atoms with E-state index in [2.05, 4.69) is 76.2 Å². The molecule has 0 atom stereocenters. The molecule has 0 spiro atoms. The zero-order valence-electron chi connectivity index (χ0n) is 26.1. The van der Waals surface area contributed by atoms with E-state index in [0.29, 0.717) is 0 Å². The van der Waals surface area contributed by atoms with Crippen LogP contribution in [0.4, 0.5) is 0 Å². The Balaban J connectivity index is 0.000000410. The first-order valence-corrected chi connectivity index (χ1v) is 16.0.